The third-order valence-corrected chi connectivity index (χ3v) is 5.99. The molecular formula is C19H36ClN2O10P. The molecule has 8 atom stereocenters. The maximum atomic E-state index is 12.3. The molecule has 0 aromatic heterocycles. The van der Waals surface area contributed by atoms with Crippen LogP contribution in [0, 0.1) is 0 Å². The summed E-state index contributed by atoms with van der Waals surface area (Å²) in [6, 6.07) is 0.706. The molecule has 0 spiro atoms. The third kappa shape index (κ3) is 9.14. The Morgan fingerprint density at radius 1 is 1.21 bits per heavy atom. The Labute approximate surface area is 200 Å². The lowest BCUT2D eigenvalue weighted by Gasteiger charge is -2.39. The zero-order chi connectivity index (χ0) is 25.2. The van der Waals surface area contributed by atoms with Crippen LogP contribution in [0.4, 0.5) is 0 Å². The number of aliphatic hydroxyl groups excluding tert-OH is 4. The summed E-state index contributed by atoms with van der Waals surface area (Å²) >= 11 is 6.11. The van der Waals surface area contributed by atoms with E-state index in [1.165, 1.54) is 12.8 Å². The van der Waals surface area contributed by atoms with E-state index < -0.39 is 60.5 Å². The van der Waals surface area contributed by atoms with E-state index in [0.29, 0.717) is 6.42 Å². The first-order valence-corrected chi connectivity index (χ1v) is 11.6. The fourth-order valence-corrected chi connectivity index (χ4v) is 3.03. The maximum Gasteiger partial charge on any atom is 0.357 e. The number of rotatable bonds is 11. The Balaban J connectivity index is 0.000000953. The van der Waals surface area contributed by atoms with Crippen molar-refractivity contribution < 1.29 is 48.9 Å². The van der Waals surface area contributed by atoms with Crippen molar-refractivity contribution in [1.29, 1.82) is 0 Å². The molecule has 12 nitrogen and oxygen atoms in total. The van der Waals surface area contributed by atoms with Gasteiger partial charge >= 0.3 is 11.9 Å². The molecule has 4 unspecified atom stereocenters. The van der Waals surface area contributed by atoms with E-state index in [0.717, 1.165) is 6.04 Å². The van der Waals surface area contributed by atoms with Crippen molar-refractivity contribution in [2.75, 3.05) is 20.3 Å². The van der Waals surface area contributed by atoms with E-state index in [1.807, 2.05) is 14.0 Å². The van der Waals surface area contributed by atoms with E-state index >= 15 is 0 Å². The standard InChI is InChI=1S/C15H27ClNO10P.C4H9N/c1-3-7(2)17-26-13(22)15(16,14(23)27-28)4-5-24-12-11(21)10(20)9(19)8(6-18)25-12;1-5-4-2-3-4/h7-12,17-21H,3-6,28H2,1-2H3;4-5H,2-3H2,1H3/t7?,8-,9-,10+,11-,12?,15?;/m1./s1. The molecule has 1 saturated heterocycles. The highest BCUT2D eigenvalue weighted by molar-refractivity contribution is 7.11. The number of hydroxylamine groups is 1. The molecule has 1 saturated carbocycles. The Kier molecular flexibility index (Phi) is 13.5. The van der Waals surface area contributed by atoms with E-state index in [9.17, 15) is 24.9 Å². The van der Waals surface area contributed by atoms with Crippen molar-refractivity contribution in [1.82, 2.24) is 10.8 Å². The average molecular weight is 519 g/mol. The molecule has 1 heterocycles. The summed E-state index contributed by atoms with van der Waals surface area (Å²) in [5.41, 5.74) is 2.44. The summed E-state index contributed by atoms with van der Waals surface area (Å²) in [4.78, 5) is 26.8. The third-order valence-electron chi connectivity index (χ3n) is 5.28. The van der Waals surface area contributed by atoms with E-state index in [4.69, 9.17) is 31.0 Å². The second kappa shape index (κ2) is 14.7. The monoisotopic (exact) mass is 518 g/mol. The number of nitrogens with one attached hydrogen (secondary N) is 2. The van der Waals surface area contributed by atoms with Crippen molar-refractivity contribution >= 4 is 33.0 Å². The molecule has 6 N–H and O–H groups in total. The van der Waals surface area contributed by atoms with Crippen molar-refractivity contribution in [3.8, 4) is 0 Å². The Hall–Kier alpha value is -0.660. The molecule has 1 aliphatic heterocycles. The lowest BCUT2D eigenvalue weighted by Crippen LogP contribution is -2.59. The molecule has 0 amide bonds. The van der Waals surface area contributed by atoms with Gasteiger partial charge in [0.2, 0.25) is 4.87 Å². The minimum Gasteiger partial charge on any atom is -0.450 e. The first-order chi connectivity index (χ1) is 15.5. The van der Waals surface area contributed by atoms with Crippen molar-refractivity contribution in [2.45, 2.75) is 87.2 Å². The molecule has 33 heavy (non-hydrogen) atoms. The number of carbonyl (C=O) groups excluding carboxylic acids is 2. The van der Waals surface area contributed by atoms with Gasteiger partial charge in [0.05, 0.1) is 22.7 Å². The Bertz CT molecular complexity index is 615. The van der Waals surface area contributed by atoms with Gasteiger partial charge in [-0.05, 0) is 33.2 Å². The van der Waals surface area contributed by atoms with Crippen LogP contribution in [0.2, 0.25) is 0 Å². The zero-order valence-corrected chi connectivity index (χ0v) is 20.9. The second-order valence-corrected chi connectivity index (χ2v) is 8.79. The van der Waals surface area contributed by atoms with Crippen LogP contribution in [0.25, 0.3) is 0 Å². The normalized spacial score (nSPS) is 29.8. The highest BCUT2D eigenvalue weighted by atomic mass is 35.5. The van der Waals surface area contributed by atoms with Gasteiger partial charge in [-0.2, -0.15) is 5.48 Å². The molecule has 194 valence electrons. The molecule has 0 radical (unpaired) electrons. The van der Waals surface area contributed by atoms with Gasteiger partial charge in [-0.1, -0.05) is 18.5 Å². The fraction of sp³-hybridized carbons (Fsp3) is 0.895. The first-order valence-electron chi connectivity index (χ1n) is 10.7. The molecule has 2 aliphatic rings. The molecule has 0 aromatic carbocycles. The van der Waals surface area contributed by atoms with Crippen molar-refractivity contribution in [3.63, 3.8) is 0 Å². The summed E-state index contributed by atoms with van der Waals surface area (Å²) in [6.07, 6.45) is -4.36. The number of alkyl halides is 1. The number of hydrogen-bond acceptors (Lipinski definition) is 12. The fourth-order valence-electron chi connectivity index (χ4n) is 2.59. The smallest absolute Gasteiger partial charge is 0.357 e. The Morgan fingerprint density at radius 3 is 2.30 bits per heavy atom. The maximum absolute atomic E-state index is 12.3. The first kappa shape index (κ1) is 30.4. The summed E-state index contributed by atoms with van der Waals surface area (Å²) < 4.78 is 14.9. The summed E-state index contributed by atoms with van der Waals surface area (Å²) in [5, 5.41) is 41.7. The highest BCUT2D eigenvalue weighted by Crippen LogP contribution is 2.27. The number of aliphatic hydroxyl groups is 4. The minimum atomic E-state index is -2.24. The van der Waals surface area contributed by atoms with Gasteiger partial charge in [0.25, 0.3) is 0 Å². The van der Waals surface area contributed by atoms with E-state index in [2.05, 4.69) is 15.3 Å². The van der Waals surface area contributed by atoms with Crippen molar-refractivity contribution in [3.05, 3.63) is 0 Å². The zero-order valence-electron chi connectivity index (χ0n) is 19.0. The van der Waals surface area contributed by atoms with Crippen LogP contribution >= 0.6 is 21.1 Å². The van der Waals surface area contributed by atoms with Crippen LogP contribution in [0.1, 0.15) is 39.5 Å². The summed E-state index contributed by atoms with van der Waals surface area (Å²) in [6.45, 7) is 2.59. The largest absolute Gasteiger partial charge is 0.450 e. The van der Waals surface area contributed by atoms with E-state index in [-0.39, 0.29) is 12.6 Å². The topological polar surface area (TPSA) is 176 Å². The van der Waals surface area contributed by atoms with Crippen LogP contribution in [-0.2, 0) is 28.4 Å². The number of halogens is 1. The molecule has 0 aromatic rings. The van der Waals surface area contributed by atoms with Gasteiger partial charge in [-0.15, -0.1) is 0 Å². The number of hydrogen-bond donors (Lipinski definition) is 6. The highest BCUT2D eigenvalue weighted by Gasteiger charge is 2.49. The molecule has 1 aliphatic carbocycles. The van der Waals surface area contributed by atoms with Crippen LogP contribution in [0.3, 0.4) is 0 Å². The van der Waals surface area contributed by atoms with Gasteiger partial charge < -0.3 is 44.6 Å². The SMILES string of the molecule is CCC(C)NOC(=O)C(Cl)(CCOC1O[C@H](CO)[C@@H](O)[C@H](O)[C@H]1O)C(=O)OP.CNC1CC1. The number of carbonyl (C=O) groups is 2. The van der Waals surface area contributed by atoms with Gasteiger partial charge in [-0.25, -0.2) is 9.59 Å². The van der Waals surface area contributed by atoms with Gasteiger partial charge in [0.1, 0.15) is 24.4 Å². The average Bonchev–Trinajstić information content (AvgIpc) is 3.66. The molecule has 14 heteroatoms. The van der Waals surface area contributed by atoms with Crippen LogP contribution in [-0.4, -0.2) is 100 Å². The minimum absolute atomic E-state index is 0.178. The molecule has 2 rings (SSSR count). The number of ether oxygens (including phenoxy) is 2. The predicted molar refractivity (Wildman–Crippen MR) is 120 cm³/mol. The van der Waals surface area contributed by atoms with Crippen LogP contribution < -0.4 is 10.8 Å². The summed E-state index contributed by atoms with van der Waals surface area (Å²) in [5.74, 6) is -2.22. The second-order valence-electron chi connectivity index (χ2n) is 7.90. The lowest BCUT2D eigenvalue weighted by molar-refractivity contribution is -0.301. The summed E-state index contributed by atoms with van der Waals surface area (Å²) in [7, 11) is 3.69. The Morgan fingerprint density at radius 2 is 1.85 bits per heavy atom. The lowest BCUT2D eigenvalue weighted by atomic mass is 9.99. The van der Waals surface area contributed by atoms with E-state index in [1.54, 1.807) is 16.4 Å². The van der Waals surface area contributed by atoms with Crippen LogP contribution in [0.15, 0.2) is 0 Å². The van der Waals surface area contributed by atoms with Crippen molar-refractivity contribution in [2.24, 2.45) is 0 Å². The van der Waals surface area contributed by atoms with Gasteiger partial charge in [0, 0.05) is 18.5 Å². The van der Waals surface area contributed by atoms with Gasteiger partial charge in [-0.3, -0.25) is 0 Å². The van der Waals surface area contributed by atoms with Crippen LogP contribution in [0.5, 0.6) is 0 Å². The molecular weight excluding hydrogens is 483 g/mol. The molecule has 0 bridgehead atoms. The quantitative estimate of drug-likeness (QED) is 0.0827. The van der Waals surface area contributed by atoms with Gasteiger partial charge in [0.15, 0.2) is 6.29 Å². The molecule has 2 fully saturated rings. The predicted octanol–water partition coefficient (Wildman–Crippen LogP) is -1.28.